The van der Waals surface area contributed by atoms with Gasteiger partial charge in [-0.15, -0.1) is 11.3 Å². The number of thiophene rings is 1. The van der Waals surface area contributed by atoms with Crippen LogP contribution >= 0.6 is 27.3 Å². The van der Waals surface area contributed by atoms with E-state index in [4.69, 9.17) is 4.74 Å². The van der Waals surface area contributed by atoms with E-state index in [9.17, 15) is 9.59 Å². The number of hydrogen-bond donors (Lipinski definition) is 0. The lowest BCUT2D eigenvalue weighted by atomic mass is 10.1. The largest absolute Gasteiger partial charge is 0.496 e. The number of hydrogen-bond acceptors (Lipinski definition) is 5. The van der Waals surface area contributed by atoms with Crippen molar-refractivity contribution in [2.24, 2.45) is 0 Å². The second kappa shape index (κ2) is 6.37. The summed E-state index contributed by atoms with van der Waals surface area (Å²) in [6, 6.07) is 5.65. The number of carbonyl (C=O) groups is 2. The number of ether oxygens (including phenoxy) is 2. The van der Waals surface area contributed by atoms with Gasteiger partial charge in [0.2, 0.25) is 0 Å². The molecule has 2 aromatic rings. The van der Waals surface area contributed by atoms with Gasteiger partial charge in [-0.25, -0.2) is 0 Å². The van der Waals surface area contributed by atoms with Crippen LogP contribution in [0.5, 0.6) is 5.75 Å². The fourth-order valence-electron chi connectivity index (χ4n) is 1.78. The van der Waals surface area contributed by atoms with Gasteiger partial charge < -0.3 is 9.47 Å². The van der Waals surface area contributed by atoms with Crippen molar-refractivity contribution in [2.45, 2.75) is 12.8 Å². The van der Waals surface area contributed by atoms with Crippen LogP contribution in [0.15, 0.2) is 22.7 Å². The van der Waals surface area contributed by atoms with Crippen molar-refractivity contribution in [3.8, 4) is 5.75 Å². The van der Waals surface area contributed by atoms with Crippen LogP contribution in [0.3, 0.4) is 0 Å². The summed E-state index contributed by atoms with van der Waals surface area (Å²) in [6.45, 7) is 0. The van der Waals surface area contributed by atoms with E-state index in [1.807, 2.05) is 18.2 Å². The third kappa shape index (κ3) is 3.19. The molecule has 0 radical (unpaired) electrons. The van der Waals surface area contributed by atoms with Gasteiger partial charge >= 0.3 is 5.97 Å². The summed E-state index contributed by atoms with van der Waals surface area (Å²) < 4.78 is 11.6. The molecule has 2 rings (SSSR count). The number of benzene rings is 1. The molecule has 6 heteroatoms. The number of halogens is 1. The number of esters is 1. The minimum atomic E-state index is -0.371. The fourth-order valence-corrected chi connectivity index (χ4v) is 3.34. The van der Waals surface area contributed by atoms with E-state index in [0.717, 1.165) is 20.3 Å². The van der Waals surface area contributed by atoms with Crippen LogP contribution in [0.25, 0.3) is 10.1 Å². The Hall–Kier alpha value is -1.40. The van der Waals surface area contributed by atoms with Gasteiger partial charge in [0.1, 0.15) is 5.75 Å². The Balaban J connectivity index is 2.23. The molecule has 0 spiro atoms. The normalized spacial score (nSPS) is 10.6. The van der Waals surface area contributed by atoms with Crippen LogP contribution in [0.4, 0.5) is 0 Å². The Morgan fingerprint density at radius 1 is 1.20 bits per heavy atom. The van der Waals surface area contributed by atoms with Gasteiger partial charge in [-0.1, -0.05) is 0 Å². The zero-order valence-electron chi connectivity index (χ0n) is 11.1. The first-order valence-corrected chi connectivity index (χ1v) is 7.53. The van der Waals surface area contributed by atoms with E-state index in [1.54, 1.807) is 7.11 Å². The van der Waals surface area contributed by atoms with E-state index in [2.05, 4.69) is 20.7 Å². The first kappa shape index (κ1) is 15.0. The standard InChI is InChI=1S/C14H13BrO4S/c1-18-11-7-12-8(5-9(11)15)6-13(20-12)10(16)3-4-14(17)19-2/h5-7H,3-4H2,1-2H3. The van der Waals surface area contributed by atoms with Crippen LogP contribution < -0.4 is 4.74 Å². The molecule has 0 saturated heterocycles. The Bertz CT molecular complexity index is 662. The van der Waals surface area contributed by atoms with Crippen molar-refractivity contribution in [3.63, 3.8) is 0 Å². The van der Waals surface area contributed by atoms with Crippen LogP contribution in [-0.2, 0) is 9.53 Å². The topological polar surface area (TPSA) is 52.6 Å². The number of Topliss-reactive ketones (excluding diaryl/α,β-unsaturated/α-hetero) is 1. The molecule has 0 aliphatic carbocycles. The van der Waals surface area contributed by atoms with Gasteiger partial charge in [0, 0.05) is 11.1 Å². The van der Waals surface area contributed by atoms with E-state index < -0.39 is 0 Å². The molecule has 4 nitrogen and oxygen atoms in total. The van der Waals surface area contributed by atoms with Gasteiger partial charge in [0.25, 0.3) is 0 Å². The van der Waals surface area contributed by atoms with Gasteiger partial charge in [0.15, 0.2) is 5.78 Å². The second-order valence-corrected chi connectivity index (χ2v) is 6.07. The summed E-state index contributed by atoms with van der Waals surface area (Å²) in [4.78, 5) is 23.7. The van der Waals surface area contributed by atoms with Crippen LogP contribution in [0.2, 0.25) is 0 Å². The third-order valence-corrected chi connectivity index (χ3v) is 4.61. The number of carbonyl (C=O) groups excluding carboxylic acids is 2. The zero-order valence-corrected chi connectivity index (χ0v) is 13.5. The maximum atomic E-state index is 12.0. The van der Waals surface area contributed by atoms with Crippen molar-refractivity contribution >= 4 is 49.1 Å². The maximum absolute atomic E-state index is 12.0. The van der Waals surface area contributed by atoms with Crippen molar-refractivity contribution < 1.29 is 19.1 Å². The molecule has 0 fully saturated rings. The summed E-state index contributed by atoms with van der Waals surface area (Å²) in [5, 5.41) is 0.976. The molecule has 0 unspecified atom stereocenters. The lowest BCUT2D eigenvalue weighted by Crippen LogP contribution is -2.04. The quantitative estimate of drug-likeness (QED) is 0.603. The van der Waals surface area contributed by atoms with E-state index in [0.29, 0.717) is 4.88 Å². The summed E-state index contributed by atoms with van der Waals surface area (Å²) in [5.74, 6) is 0.309. The molecule has 1 heterocycles. The highest BCUT2D eigenvalue weighted by molar-refractivity contribution is 9.10. The van der Waals surface area contributed by atoms with Crippen molar-refractivity contribution in [1.82, 2.24) is 0 Å². The minimum absolute atomic E-state index is 0.0494. The van der Waals surface area contributed by atoms with E-state index in [1.165, 1.54) is 18.4 Å². The molecular formula is C14H13BrO4S. The van der Waals surface area contributed by atoms with Gasteiger partial charge in [-0.2, -0.15) is 0 Å². The van der Waals surface area contributed by atoms with Crippen LogP contribution in [0.1, 0.15) is 22.5 Å². The Kier molecular flexibility index (Phi) is 4.77. The number of rotatable bonds is 5. The molecule has 0 aliphatic heterocycles. The molecule has 1 aromatic heterocycles. The molecule has 20 heavy (non-hydrogen) atoms. The molecule has 0 saturated carbocycles. The first-order valence-electron chi connectivity index (χ1n) is 5.92. The van der Waals surface area contributed by atoms with Crippen molar-refractivity contribution in [1.29, 1.82) is 0 Å². The van der Waals surface area contributed by atoms with Crippen molar-refractivity contribution in [3.05, 3.63) is 27.5 Å². The van der Waals surface area contributed by atoms with Crippen LogP contribution in [0, 0.1) is 0 Å². The van der Waals surface area contributed by atoms with Crippen LogP contribution in [-0.4, -0.2) is 26.0 Å². The molecule has 1 aromatic carbocycles. The predicted molar refractivity (Wildman–Crippen MR) is 81.7 cm³/mol. The monoisotopic (exact) mass is 356 g/mol. The molecule has 0 aliphatic rings. The summed E-state index contributed by atoms with van der Waals surface area (Å²) in [5.41, 5.74) is 0. The highest BCUT2D eigenvalue weighted by atomic mass is 79.9. The van der Waals surface area contributed by atoms with Gasteiger partial charge in [-0.05, 0) is 39.5 Å². The second-order valence-electron chi connectivity index (χ2n) is 4.13. The number of methoxy groups -OCH3 is 2. The highest BCUT2D eigenvalue weighted by Gasteiger charge is 2.14. The molecule has 0 amide bonds. The smallest absolute Gasteiger partial charge is 0.305 e. The average molecular weight is 357 g/mol. The Morgan fingerprint density at radius 2 is 1.95 bits per heavy atom. The minimum Gasteiger partial charge on any atom is -0.496 e. The molecule has 106 valence electrons. The maximum Gasteiger partial charge on any atom is 0.305 e. The highest BCUT2D eigenvalue weighted by Crippen LogP contribution is 2.35. The van der Waals surface area contributed by atoms with Gasteiger partial charge in [0.05, 0.1) is 30.0 Å². The lowest BCUT2D eigenvalue weighted by molar-refractivity contribution is -0.140. The number of fused-ring (bicyclic) bond motifs is 1. The third-order valence-electron chi connectivity index (χ3n) is 2.85. The fraction of sp³-hybridized carbons (Fsp3) is 0.286. The Labute approximate surface area is 128 Å². The first-order chi connectivity index (χ1) is 9.55. The number of ketones is 1. The Morgan fingerprint density at radius 3 is 2.60 bits per heavy atom. The van der Waals surface area contributed by atoms with Crippen molar-refractivity contribution in [2.75, 3.05) is 14.2 Å². The van der Waals surface area contributed by atoms with E-state index >= 15 is 0 Å². The van der Waals surface area contributed by atoms with E-state index in [-0.39, 0.29) is 24.6 Å². The molecule has 0 bridgehead atoms. The summed E-state index contributed by atoms with van der Waals surface area (Å²) in [7, 11) is 2.91. The predicted octanol–water partition coefficient (Wildman–Crippen LogP) is 3.81. The average Bonchev–Trinajstić information content (AvgIpc) is 2.85. The molecule has 0 N–H and O–H groups in total. The molecule has 0 atom stereocenters. The molecular weight excluding hydrogens is 344 g/mol. The SMILES string of the molecule is COC(=O)CCC(=O)c1cc2cc(Br)c(OC)cc2s1. The summed E-state index contributed by atoms with van der Waals surface area (Å²) in [6.07, 6.45) is 0.272. The lowest BCUT2D eigenvalue weighted by Gasteiger charge is -2.01. The zero-order chi connectivity index (χ0) is 14.7. The summed E-state index contributed by atoms with van der Waals surface area (Å²) >= 11 is 4.82. The van der Waals surface area contributed by atoms with Gasteiger partial charge in [-0.3, -0.25) is 9.59 Å².